The van der Waals surface area contributed by atoms with Crippen LogP contribution in [0.25, 0.3) is 0 Å². The summed E-state index contributed by atoms with van der Waals surface area (Å²) in [6.07, 6.45) is 0. The van der Waals surface area contributed by atoms with Gasteiger partial charge in [-0.2, -0.15) is 5.26 Å². The van der Waals surface area contributed by atoms with Crippen LogP contribution in [0, 0.1) is 11.3 Å². The van der Waals surface area contributed by atoms with Gasteiger partial charge in [-0.05, 0) is 35.2 Å². The highest BCUT2D eigenvalue weighted by Gasteiger charge is 2.16. The summed E-state index contributed by atoms with van der Waals surface area (Å²) in [6.45, 7) is 2.22. The van der Waals surface area contributed by atoms with Crippen LogP contribution in [0.1, 0.15) is 29.5 Å². The Morgan fingerprint density at radius 2 is 1.96 bits per heavy atom. The van der Waals surface area contributed by atoms with Gasteiger partial charge in [-0.1, -0.05) is 37.3 Å². The zero-order valence-electron chi connectivity index (χ0n) is 13.7. The molecule has 0 heterocycles. The van der Waals surface area contributed by atoms with Gasteiger partial charge in [-0.15, -0.1) is 0 Å². The Morgan fingerprint density at radius 3 is 2.67 bits per heavy atom. The van der Waals surface area contributed by atoms with Crippen LogP contribution in [-0.2, 0) is 15.8 Å². The van der Waals surface area contributed by atoms with E-state index in [0.717, 1.165) is 11.3 Å². The standard InChI is InChI=1S/C18H20N2O3S/c1-14(17-8-3-4-9-18(17)23-2)12-20-24(21,22)13-16-7-5-6-15(10-16)11-19/h3-10,14,20H,12-13H2,1-2H3. The van der Waals surface area contributed by atoms with Gasteiger partial charge in [-0.3, -0.25) is 0 Å². The first-order valence-corrected chi connectivity index (χ1v) is 9.19. The second-order valence-corrected chi connectivity index (χ2v) is 7.37. The van der Waals surface area contributed by atoms with Crippen LogP contribution in [0.3, 0.4) is 0 Å². The topological polar surface area (TPSA) is 79.2 Å². The normalized spacial score (nSPS) is 12.4. The number of rotatable bonds is 7. The molecular formula is C18H20N2O3S. The van der Waals surface area contributed by atoms with Gasteiger partial charge in [0.05, 0.1) is 24.5 Å². The van der Waals surface area contributed by atoms with E-state index in [0.29, 0.717) is 11.1 Å². The van der Waals surface area contributed by atoms with E-state index in [-0.39, 0.29) is 18.2 Å². The molecular weight excluding hydrogens is 324 g/mol. The van der Waals surface area contributed by atoms with Gasteiger partial charge in [0.2, 0.25) is 10.0 Å². The fourth-order valence-electron chi connectivity index (χ4n) is 2.44. The SMILES string of the molecule is COc1ccccc1C(C)CNS(=O)(=O)Cc1cccc(C#N)c1. The van der Waals surface area contributed by atoms with Gasteiger partial charge in [0.1, 0.15) is 5.75 Å². The number of nitriles is 1. The highest BCUT2D eigenvalue weighted by atomic mass is 32.2. The second-order valence-electron chi connectivity index (χ2n) is 5.56. The summed E-state index contributed by atoms with van der Waals surface area (Å²) in [7, 11) is -1.89. The predicted molar refractivity (Wildman–Crippen MR) is 93.2 cm³/mol. The number of para-hydroxylation sites is 1. The zero-order valence-corrected chi connectivity index (χ0v) is 14.5. The minimum Gasteiger partial charge on any atom is -0.496 e. The number of methoxy groups -OCH3 is 1. The van der Waals surface area contributed by atoms with E-state index in [1.807, 2.05) is 37.3 Å². The highest BCUT2D eigenvalue weighted by Crippen LogP contribution is 2.25. The van der Waals surface area contributed by atoms with Gasteiger partial charge >= 0.3 is 0 Å². The van der Waals surface area contributed by atoms with Gasteiger partial charge < -0.3 is 4.74 Å². The summed E-state index contributed by atoms with van der Waals surface area (Å²) in [5.41, 5.74) is 1.99. The van der Waals surface area contributed by atoms with Gasteiger partial charge in [-0.25, -0.2) is 13.1 Å². The third kappa shape index (κ3) is 4.82. The monoisotopic (exact) mass is 344 g/mol. The van der Waals surface area contributed by atoms with Gasteiger partial charge in [0, 0.05) is 6.54 Å². The molecule has 0 fully saturated rings. The summed E-state index contributed by atoms with van der Waals surface area (Å²) >= 11 is 0. The minimum atomic E-state index is -3.48. The molecule has 2 rings (SSSR count). The van der Waals surface area contributed by atoms with E-state index in [1.54, 1.807) is 31.4 Å². The van der Waals surface area contributed by atoms with E-state index < -0.39 is 10.0 Å². The Balaban J connectivity index is 2.03. The molecule has 2 aromatic rings. The third-order valence-electron chi connectivity index (χ3n) is 3.69. The number of sulfonamides is 1. The van der Waals surface area contributed by atoms with Crippen molar-refractivity contribution in [2.24, 2.45) is 0 Å². The number of ether oxygens (including phenoxy) is 1. The Labute approximate surface area is 142 Å². The fourth-order valence-corrected chi connectivity index (χ4v) is 3.66. The van der Waals surface area contributed by atoms with Gasteiger partial charge in [0.15, 0.2) is 0 Å². The fraction of sp³-hybridized carbons (Fsp3) is 0.278. The first-order chi connectivity index (χ1) is 11.4. The van der Waals surface area contributed by atoms with Crippen LogP contribution in [0.5, 0.6) is 5.75 Å². The Morgan fingerprint density at radius 1 is 1.21 bits per heavy atom. The van der Waals surface area contributed by atoms with Crippen molar-refractivity contribution in [1.29, 1.82) is 5.26 Å². The predicted octanol–water partition coefficient (Wildman–Crippen LogP) is 2.79. The molecule has 0 saturated heterocycles. The molecule has 0 aromatic heterocycles. The second kappa shape index (κ2) is 7.95. The zero-order chi connectivity index (χ0) is 17.6. The smallest absolute Gasteiger partial charge is 0.215 e. The number of benzene rings is 2. The van der Waals surface area contributed by atoms with Gasteiger partial charge in [0.25, 0.3) is 0 Å². The largest absolute Gasteiger partial charge is 0.496 e. The van der Waals surface area contributed by atoms with E-state index in [4.69, 9.17) is 10.00 Å². The molecule has 1 atom stereocenters. The van der Waals surface area contributed by atoms with Crippen LogP contribution >= 0.6 is 0 Å². The average Bonchev–Trinajstić information content (AvgIpc) is 2.59. The van der Waals surface area contributed by atoms with Crippen molar-refractivity contribution in [1.82, 2.24) is 4.72 Å². The van der Waals surface area contributed by atoms with Crippen LogP contribution in [-0.4, -0.2) is 22.1 Å². The molecule has 0 saturated carbocycles. The maximum absolute atomic E-state index is 12.3. The molecule has 0 spiro atoms. The highest BCUT2D eigenvalue weighted by molar-refractivity contribution is 7.88. The van der Waals surface area contributed by atoms with Crippen LogP contribution in [0.15, 0.2) is 48.5 Å². The van der Waals surface area contributed by atoms with Crippen molar-refractivity contribution in [2.45, 2.75) is 18.6 Å². The number of nitrogens with one attached hydrogen (secondary N) is 1. The summed E-state index contributed by atoms with van der Waals surface area (Å²) in [4.78, 5) is 0. The molecule has 0 bridgehead atoms. The molecule has 0 aliphatic heterocycles. The first kappa shape index (κ1) is 18.0. The van der Waals surface area contributed by atoms with Crippen LogP contribution in [0.2, 0.25) is 0 Å². The van der Waals surface area contributed by atoms with Crippen molar-refractivity contribution in [3.05, 3.63) is 65.2 Å². The Kier molecular flexibility index (Phi) is 5.96. The Hall–Kier alpha value is -2.36. The molecule has 24 heavy (non-hydrogen) atoms. The molecule has 0 aliphatic rings. The lowest BCUT2D eigenvalue weighted by Crippen LogP contribution is -2.29. The molecule has 5 nitrogen and oxygen atoms in total. The average molecular weight is 344 g/mol. The lowest BCUT2D eigenvalue weighted by atomic mass is 10.0. The van der Waals surface area contributed by atoms with Crippen molar-refractivity contribution < 1.29 is 13.2 Å². The third-order valence-corrected chi connectivity index (χ3v) is 5.01. The number of hydrogen-bond acceptors (Lipinski definition) is 4. The van der Waals surface area contributed by atoms with E-state index in [2.05, 4.69) is 4.72 Å². The van der Waals surface area contributed by atoms with Crippen LogP contribution < -0.4 is 9.46 Å². The van der Waals surface area contributed by atoms with Crippen molar-refractivity contribution in [2.75, 3.05) is 13.7 Å². The molecule has 2 aromatic carbocycles. The molecule has 0 amide bonds. The lowest BCUT2D eigenvalue weighted by molar-refractivity contribution is 0.406. The number of nitrogens with zero attached hydrogens (tertiary/aromatic N) is 1. The lowest BCUT2D eigenvalue weighted by Gasteiger charge is -2.16. The first-order valence-electron chi connectivity index (χ1n) is 7.54. The minimum absolute atomic E-state index is 0.0265. The summed E-state index contributed by atoms with van der Waals surface area (Å²) < 4.78 is 32.5. The molecule has 1 N–H and O–H groups in total. The quantitative estimate of drug-likeness (QED) is 0.837. The van der Waals surface area contributed by atoms with E-state index in [9.17, 15) is 8.42 Å². The maximum Gasteiger partial charge on any atom is 0.215 e. The number of hydrogen-bond donors (Lipinski definition) is 1. The molecule has 126 valence electrons. The molecule has 0 aliphatic carbocycles. The van der Waals surface area contributed by atoms with E-state index in [1.165, 1.54) is 0 Å². The van der Waals surface area contributed by atoms with Crippen molar-refractivity contribution in [3.63, 3.8) is 0 Å². The molecule has 0 radical (unpaired) electrons. The summed E-state index contributed by atoms with van der Waals surface area (Å²) in [5.74, 6) is 0.563. The molecule has 1 unspecified atom stereocenters. The summed E-state index contributed by atoms with van der Waals surface area (Å²) in [5, 5.41) is 8.89. The van der Waals surface area contributed by atoms with Crippen molar-refractivity contribution in [3.8, 4) is 11.8 Å². The maximum atomic E-state index is 12.3. The van der Waals surface area contributed by atoms with Crippen molar-refractivity contribution >= 4 is 10.0 Å². The Bertz CT molecular complexity index is 841. The van der Waals surface area contributed by atoms with E-state index >= 15 is 0 Å². The molecule has 6 heteroatoms. The van der Waals surface area contributed by atoms with Crippen LogP contribution in [0.4, 0.5) is 0 Å². The summed E-state index contributed by atoms with van der Waals surface area (Å²) in [6, 6.07) is 16.2.